The number of rotatable bonds is 4. The second kappa shape index (κ2) is 8.00. The number of ether oxygens (including phenoxy) is 1. The number of anilines is 1. The summed E-state index contributed by atoms with van der Waals surface area (Å²) in [6.45, 7) is 3.77. The summed E-state index contributed by atoms with van der Waals surface area (Å²) in [5.41, 5.74) is 2.04. The van der Waals surface area contributed by atoms with Crippen molar-refractivity contribution >= 4 is 30.0 Å². The van der Waals surface area contributed by atoms with Crippen molar-refractivity contribution in [1.29, 1.82) is 0 Å². The zero-order valence-corrected chi connectivity index (χ0v) is 13.1. The van der Waals surface area contributed by atoms with E-state index in [1.807, 2.05) is 6.92 Å². The molecule has 2 N–H and O–H groups in total. The molecule has 1 aromatic rings. The van der Waals surface area contributed by atoms with Crippen LogP contribution in [0.1, 0.15) is 28.8 Å². The van der Waals surface area contributed by atoms with E-state index in [0.717, 1.165) is 25.1 Å². The molecule has 1 fully saturated rings. The van der Waals surface area contributed by atoms with Gasteiger partial charge < -0.3 is 15.4 Å². The van der Waals surface area contributed by atoms with Gasteiger partial charge in [0.2, 0.25) is 5.91 Å². The fraction of sp³-hybridized carbons (Fsp3) is 0.467. The molecule has 1 saturated heterocycles. The lowest BCUT2D eigenvalue weighted by Gasteiger charge is -2.12. The van der Waals surface area contributed by atoms with Gasteiger partial charge in [-0.2, -0.15) is 0 Å². The summed E-state index contributed by atoms with van der Waals surface area (Å²) in [6, 6.07) is 5.16. The molecule has 6 heteroatoms. The molecule has 1 aromatic carbocycles. The van der Waals surface area contributed by atoms with Gasteiger partial charge >= 0.3 is 5.97 Å². The smallest absolute Gasteiger partial charge is 0.337 e. The normalized spacial score (nSPS) is 17.0. The number of carbonyl (C=O) groups excluding carboxylic acids is 2. The van der Waals surface area contributed by atoms with Crippen LogP contribution >= 0.6 is 12.4 Å². The predicted octanol–water partition coefficient (Wildman–Crippen LogP) is 2.14. The highest BCUT2D eigenvalue weighted by molar-refractivity contribution is 5.95. The van der Waals surface area contributed by atoms with Crippen molar-refractivity contribution in [2.45, 2.75) is 19.8 Å². The summed E-state index contributed by atoms with van der Waals surface area (Å²) in [5.74, 6) is -0.0107. The van der Waals surface area contributed by atoms with Gasteiger partial charge in [0.15, 0.2) is 0 Å². The molecular weight excluding hydrogens is 292 g/mol. The predicted molar refractivity (Wildman–Crippen MR) is 84.0 cm³/mol. The van der Waals surface area contributed by atoms with Gasteiger partial charge in [0.05, 0.1) is 12.7 Å². The SMILES string of the molecule is COC(=O)c1ccc(C)c(NC(=O)CC2CCNC2)c1.Cl. The van der Waals surface area contributed by atoms with E-state index in [9.17, 15) is 9.59 Å². The number of esters is 1. The summed E-state index contributed by atoms with van der Waals surface area (Å²) < 4.78 is 4.68. The standard InChI is InChI=1S/C15H20N2O3.ClH/c1-10-3-4-12(15(19)20-2)8-13(10)17-14(18)7-11-5-6-16-9-11;/h3-4,8,11,16H,5-7,9H2,1-2H3,(H,17,18);1H. The molecular formula is C15H21ClN2O3. The van der Waals surface area contributed by atoms with Crippen LogP contribution in [0.3, 0.4) is 0 Å². The number of carbonyl (C=O) groups is 2. The first-order valence-electron chi connectivity index (χ1n) is 6.79. The first-order chi connectivity index (χ1) is 9.60. The fourth-order valence-corrected chi connectivity index (χ4v) is 2.35. The van der Waals surface area contributed by atoms with Gasteiger partial charge in [-0.15, -0.1) is 12.4 Å². The van der Waals surface area contributed by atoms with Gasteiger partial charge in [-0.1, -0.05) is 6.07 Å². The Morgan fingerprint density at radius 2 is 2.19 bits per heavy atom. The van der Waals surface area contributed by atoms with Crippen LogP contribution in [0.5, 0.6) is 0 Å². The number of methoxy groups -OCH3 is 1. The van der Waals surface area contributed by atoms with Gasteiger partial charge in [0.1, 0.15) is 0 Å². The molecule has 1 aliphatic rings. The first kappa shape index (κ1) is 17.5. The van der Waals surface area contributed by atoms with E-state index in [1.165, 1.54) is 7.11 Å². The van der Waals surface area contributed by atoms with Crippen LogP contribution in [0.2, 0.25) is 0 Å². The molecule has 1 heterocycles. The third-order valence-corrected chi connectivity index (χ3v) is 3.57. The van der Waals surface area contributed by atoms with Crippen molar-refractivity contribution in [1.82, 2.24) is 5.32 Å². The number of aryl methyl sites for hydroxylation is 1. The van der Waals surface area contributed by atoms with Crippen LogP contribution in [-0.2, 0) is 9.53 Å². The summed E-state index contributed by atoms with van der Waals surface area (Å²) in [6.07, 6.45) is 1.55. The monoisotopic (exact) mass is 312 g/mol. The van der Waals surface area contributed by atoms with Gasteiger partial charge in [-0.3, -0.25) is 4.79 Å². The number of amides is 1. The fourth-order valence-electron chi connectivity index (χ4n) is 2.35. The number of halogens is 1. The maximum Gasteiger partial charge on any atom is 0.337 e. The van der Waals surface area contributed by atoms with Crippen LogP contribution in [0.4, 0.5) is 5.69 Å². The molecule has 0 aliphatic carbocycles. The highest BCUT2D eigenvalue weighted by Gasteiger charge is 2.18. The molecule has 1 unspecified atom stereocenters. The van der Waals surface area contributed by atoms with E-state index in [4.69, 9.17) is 0 Å². The summed E-state index contributed by atoms with van der Waals surface area (Å²) in [5, 5.41) is 6.13. The maximum atomic E-state index is 12.0. The van der Waals surface area contributed by atoms with E-state index < -0.39 is 5.97 Å². The van der Waals surface area contributed by atoms with E-state index in [-0.39, 0.29) is 18.3 Å². The molecule has 116 valence electrons. The molecule has 0 saturated carbocycles. The van der Waals surface area contributed by atoms with Crippen LogP contribution in [-0.4, -0.2) is 32.1 Å². The number of hydrogen-bond donors (Lipinski definition) is 2. The van der Waals surface area contributed by atoms with Crippen LogP contribution in [0.25, 0.3) is 0 Å². The number of nitrogens with one attached hydrogen (secondary N) is 2. The molecule has 1 aliphatic heterocycles. The van der Waals surface area contributed by atoms with Crippen molar-refractivity contribution < 1.29 is 14.3 Å². The maximum absolute atomic E-state index is 12.0. The Morgan fingerprint density at radius 1 is 1.43 bits per heavy atom. The number of benzene rings is 1. The topological polar surface area (TPSA) is 67.4 Å². The summed E-state index contributed by atoms with van der Waals surface area (Å²) in [7, 11) is 1.34. The van der Waals surface area contributed by atoms with E-state index in [0.29, 0.717) is 23.6 Å². The second-order valence-corrected chi connectivity index (χ2v) is 5.13. The van der Waals surface area contributed by atoms with Crippen molar-refractivity contribution in [3.8, 4) is 0 Å². The Labute approximate surface area is 130 Å². The quantitative estimate of drug-likeness (QED) is 0.836. The average Bonchev–Trinajstić information content (AvgIpc) is 2.93. The van der Waals surface area contributed by atoms with Gasteiger partial charge in [-0.05, 0) is 50.0 Å². The molecule has 1 atom stereocenters. The lowest BCUT2D eigenvalue weighted by molar-refractivity contribution is -0.117. The average molecular weight is 313 g/mol. The third-order valence-electron chi connectivity index (χ3n) is 3.57. The van der Waals surface area contributed by atoms with Crippen molar-refractivity contribution in [2.24, 2.45) is 5.92 Å². The Morgan fingerprint density at radius 3 is 2.81 bits per heavy atom. The zero-order chi connectivity index (χ0) is 14.5. The molecule has 0 spiro atoms. The van der Waals surface area contributed by atoms with Gasteiger partial charge in [0, 0.05) is 12.1 Å². The molecule has 21 heavy (non-hydrogen) atoms. The Kier molecular flexibility index (Phi) is 6.65. The zero-order valence-electron chi connectivity index (χ0n) is 12.3. The van der Waals surface area contributed by atoms with E-state index in [1.54, 1.807) is 18.2 Å². The van der Waals surface area contributed by atoms with Gasteiger partial charge in [-0.25, -0.2) is 4.79 Å². The van der Waals surface area contributed by atoms with Crippen LogP contribution in [0, 0.1) is 12.8 Å². The summed E-state index contributed by atoms with van der Waals surface area (Å²) in [4.78, 5) is 23.5. The molecule has 2 rings (SSSR count). The minimum atomic E-state index is -0.402. The minimum absolute atomic E-state index is 0. The largest absolute Gasteiger partial charge is 0.465 e. The van der Waals surface area contributed by atoms with Gasteiger partial charge in [0.25, 0.3) is 0 Å². The minimum Gasteiger partial charge on any atom is -0.465 e. The molecule has 0 aromatic heterocycles. The molecule has 1 amide bonds. The summed E-state index contributed by atoms with van der Waals surface area (Å²) >= 11 is 0. The van der Waals surface area contributed by atoms with E-state index >= 15 is 0 Å². The lowest BCUT2D eigenvalue weighted by atomic mass is 10.0. The Balaban J connectivity index is 0.00000220. The first-order valence-corrected chi connectivity index (χ1v) is 6.79. The Bertz CT molecular complexity index is 514. The van der Waals surface area contributed by atoms with E-state index in [2.05, 4.69) is 15.4 Å². The number of hydrogen-bond acceptors (Lipinski definition) is 4. The third kappa shape index (κ3) is 4.72. The highest BCUT2D eigenvalue weighted by Crippen LogP contribution is 2.19. The van der Waals surface area contributed by atoms with Crippen molar-refractivity contribution in [3.05, 3.63) is 29.3 Å². The molecule has 0 radical (unpaired) electrons. The van der Waals surface area contributed by atoms with Crippen LogP contribution in [0.15, 0.2) is 18.2 Å². The van der Waals surface area contributed by atoms with Crippen LogP contribution < -0.4 is 10.6 Å². The lowest BCUT2D eigenvalue weighted by Crippen LogP contribution is -2.19. The van der Waals surface area contributed by atoms with Crippen molar-refractivity contribution in [2.75, 3.05) is 25.5 Å². The highest BCUT2D eigenvalue weighted by atomic mass is 35.5. The second-order valence-electron chi connectivity index (χ2n) is 5.13. The molecule has 0 bridgehead atoms. The Hall–Kier alpha value is -1.59. The molecule has 5 nitrogen and oxygen atoms in total. The van der Waals surface area contributed by atoms with Crippen molar-refractivity contribution in [3.63, 3.8) is 0 Å².